The highest BCUT2D eigenvalue weighted by Gasteiger charge is 2.11. The molecule has 1 heterocycles. The van der Waals surface area contributed by atoms with Gasteiger partial charge in [0.05, 0.1) is 17.3 Å². The zero-order valence-electron chi connectivity index (χ0n) is 9.90. The lowest BCUT2D eigenvalue weighted by molar-refractivity contribution is 0.633. The molecule has 0 aliphatic rings. The van der Waals surface area contributed by atoms with Crippen molar-refractivity contribution >= 4 is 34.2 Å². The summed E-state index contributed by atoms with van der Waals surface area (Å²) in [6.07, 6.45) is 1.08. The minimum atomic E-state index is 0.628. The molecule has 0 aliphatic carbocycles. The minimum Gasteiger partial charge on any atom is -0.310 e. The Morgan fingerprint density at radius 2 is 2.28 bits per heavy atom. The highest BCUT2D eigenvalue weighted by atomic mass is 127. The minimum absolute atomic E-state index is 0.628. The van der Waals surface area contributed by atoms with Gasteiger partial charge in [-0.05, 0) is 64.2 Å². The van der Waals surface area contributed by atoms with Gasteiger partial charge in [-0.15, -0.1) is 5.10 Å². The van der Waals surface area contributed by atoms with Crippen molar-refractivity contribution in [3.05, 3.63) is 32.6 Å². The molecule has 0 aliphatic heterocycles. The third-order valence-corrected chi connectivity index (χ3v) is 3.36. The molecule has 0 radical (unpaired) electrons. The van der Waals surface area contributed by atoms with Crippen molar-refractivity contribution in [3.63, 3.8) is 0 Å². The molecule has 1 aromatic carbocycles. The monoisotopic (exact) mass is 377 g/mol. The Morgan fingerprint density at radius 1 is 1.44 bits per heavy atom. The van der Waals surface area contributed by atoms with Crippen molar-refractivity contribution in [2.75, 3.05) is 6.54 Å². The Kier molecular flexibility index (Phi) is 4.90. The fraction of sp³-hybridized carbons (Fsp3) is 0.364. The number of nitrogens with zero attached hydrogens (tertiary/aromatic N) is 4. The fourth-order valence-electron chi connectivity index (χ4n) is 1.53. The maximum Gasteiger partial charge on any atom is 0.170 e. The van der Waals surface area contributed by atoms with Crippen LogP contribution in [0.15, 0.2) is 18.2 Å². The molecule has 0 saturated carbocycles. The molecule has 0 fully saturated rings. The number of hydrogen-bond donors (Lipinski definition) is 1. The standard InChI is InChI=1S/C11H13ClIN5/c1-2-5-14-7-11-15-16-17-18(11)10-4-3-8(13)6-9(10)12/h3-4,6,14H,2,5,7H2,1H3. The Morgan fingerprint density at radius 3 is 3.00 bits per heavy atom. The summed E-state index contributed by atoms with van der Waals surface area (Å²) in [7, 11) is 0. The van der Waals surface area contributed by atoms with Gasteiger partial charge in [-0.2, -0.15) is 4.68 Å². The summed E-state index contributed by atoms with van der Waals surface area (Å²) in [6.45, 7) is 3.68. The van der Waals surface area contributed by atoms with E-state index in [1.165, 1.54) is 0 Å². The lowest BCUT2D eigenvalue weighted by Crippen LogP contribution is -2.17. The first-order valence-electron chi connectivity index (χ1n) is 5.65. The second kappa shape index (κ2) is 6.44. The van der Waals surface area contributed by atoms with Crippen molar-refractivity contribution in [1.29, 1.82) is 0 Å². The van der Waals surface area contributed by atoms with Gasteiger partial charge in [0.25, 0.3) is 0 Å². The average molecular weight is 378 g/mol. The van der Waals surface area contributed by atoms with Crippen molar-refractivity contribution < 1.29 is 0 Å². The van der Waals surface area contributed by atoms with Crippen LogP contribution >= 0.6 is 34.2 Å². The van der Waals surface area contributed by atoms with E-state index in [2.05, 4.69) is 50.4 Å². The van der Waals surface area contributed by atoms with Crippen molar-refractivity contribution in [2.24, 2.45) is 0 Å². The van der Waals surface area contributed by atoms with Crippen LogP contribution in [0, 0.1) is 3.57 Å². The van der Waals surface area contributed by atoms with Gasteiger partial charge in [-0.25, -0.2) is 0 Å². The number of aromatic nitrogens is 4. The maximum atomic E-state index is 6.21. The topological polar surface area (TPSA) is 55.6 Å². The van der Waals surface area contributed by atoms with E-state index >= 15 is 0 Å². The summed E-state index contributed by atoms with van der Waals surface area (Å²) in [4.78, 5) is 0. The van der Waals surface area contributed by atoms with Crippen LogP contribution in [-0.4, -0.2) is 26.8 Å². The normalized spacial score (nSPS) is 10.8. The van der Waals surface area contributed by atoms with Gasteiger partial charge < -0.3 is 5.32 Å². The van der Waals surface area contributed by atoms with E-state index in [0.29, 0.717) is 11.6 Å². The molecule has 0 amide bonds. The van der Waals surface area contributed by atoms with Gasteiger partial charge in [-0.1, -0.05) is 18.5 Å². The molecule has 2 aromatic rings. The van der Waals surface area contributed by atoms with Crippen molar-refractivity contribution in [3.8, 4) is 5.69 Å². The molecule has 0 saturated heterocycles. The number of halogens is 2. The molecule has 1 N–H and O–H groups in total. The quantitative estimate of drug-likeness (QED) is 0.642. The number of nitrogens with one attached hydrogen (secondary N) is 1. The summed E-state index contributed by atoms with van der Waals surface area (Å²) in [5.74, 6) is 0.756. The Bertz CT molecular complexity index is 528. The van der Waals surface area contributed by atoms with Crippen LogP contribution < -0.4 is 5.32 Å². The molecule has 7 heteroatoms. The van der Waals surface area contributed by atoms with E-state index in [-0.39, 0.29) is 0 Å². The van der Waals surface area contributed by atoms with Crippen molar-refractivity contribution in [2.45, 2.75) is 19.9 Å². The number of rotatable bonds is 5. The van der Waals surface area contributed by atoms with Crippen LogP contribution in [0.2, 0.25) is 5.02 Å². The smallest absolute Gasteiger partial charge is 0.170 e. The molecule has 0 spiro atoms. The van der Waals surface area contributed by atoms with Crippen molar-refractivity contribution in [1.82, 2.24) is 25.5 Å². The second-order valence-electron chi connectivity index (χ2n) is 3.78. The third-order valence-electron chi connectivity index (χ3n) is 2.38. The predicted octanol–water partition coefficient (Wildman–Crippen LogP) is 2.42. The van der Waals surface area contributed by atoms with E-state index in [1.807, 2.05) is 18.2 Å². The molecule has 96 valence electrons. The Hall–Kier alpha value is -0.730. The second-order valence-corrected chi connectivity index (χ2v) is 5.43. The van der Waals surface area contributed by atoms with Crippen LogP contribution in [0.4, 0.5) is 0 Å². The lowest BCUT2D eigenvalue weighted by Gasteiger charge is -2.07. The lowest BCUT2D eigenvalue weighted by atomic mass is 10.3. The summed E-state index contributed by atoms with van der Waals surface area (Å²) >= 11 is 8.43. The zero-order chi connectivity index (χ0) is 13.0. The van der Waals surface area contributed by atoms with E-state index in [1.54, 1.807) is 4.68 Å². The van der Waals surface area contributed by atoms with Gasteiger partial charge in [0.15, 0.2) is 5.82 Å². The average Bonchev–Trinajstić information content (AvgIpc) is 2.78. The Labute approximate surface area is 124 Å². The van der Waals surface area contributed by atoms with Crippen LogP contribution in [-0.2, 0) is 6.54 Å². The first-order chi connectivity index (χ1) is 8.72. The van der Waals surface area contributed by atoms with Gasteiger partial charge in [0, 0.05) is 3.57 Å². The summed E-state index contributed by atoms with van der Waals surface area (Å²) in [5, 5.41) is 15.6. The SMILES string of the molecule is CCCNCc1nnnn1-c1ccc(I)cc1Cl. The molecule has 2 rings (SSSR count). The summed E-state index contributed by atoms with van der Waals surface area (Å²) in [6, 6.07) is 5.79. The highest BCUT2D eigenvalue weighted by molar-refractivity contribution is 14.1. The summed E-state index contributed by atoms with van der Waals surface area (Å²) in [5.41, 5.74) is 0.801. The van der Waals surface area contributed by atoms with E-state index < -0.39 is 0 Å². The fourth-order valence-corrected chi connectivity index (χ4v) is 2.47. The first-order valence-corrected chi connectivity index (χ1v) is 7.11. The van der Waals surface area contributed by atoms with Crippen LogP contribution in [0.5, 0.6) is 0 Å². The largest absolute Gasteiger partial charge is 0.310 e. The zero-order valence-corrected chi connectivity index (χ0v) is 12.8. The molecule has 0 unspecified atom stereocenters. The van der Waals surface area contributed by atoms with Gasteiger partial charge in [-0.3, -0.25) is 0 Å². The molecular formula is C11H13ClIN5. The number of tetrazole rings is 1. The van der Waals surface area contributed by atoms with Crippen LogP contribution in [0.3, 0.4) is 0 Å². The van der Waals surface area contributed by atoms with Gasteiger partial charge >= 0.3 is 0 Å². The number of benzene rings is 1. The van der Waals surface area contributed by atoms with E-state index in [4.69, 9.17) is 11.6 Å². The van der Waals surface area contributed by atoms with E-state index in [9.17, 15) is 0 Å². The summed E-state index contributed by atoms with van der Waals surface area (Å²) < 4.78 is 2.75. The third kappa shape index (κ3) is 3.18. The molecule has 0 atom stereocenters. The molecule has 5 nitrogen and oxygen atoms in total. The Balaban J connectivity index is 2.25. The molecule has 0 bridgehead atoms. The molecular weight excluding hydrogens is 365 g/mol. The van der Waals surface area contributed by atoms with E-state index in [0.717, 1.165) is 28.0 Å². The molecule has 1 aromatic heterocycles. The maximum absolute atomic E-state index is 6.21. The van der Waals surface area contributed by atoms with Crippen LogP contribution in [0.25, 0.3) is 5.69 Å². The first kappa shape index (κ1) is 13.7. The van der Waals surface area contributed by atoms with Crippen LogP contribution in [0.1, 0.15) is 19.2 Å². The highest BCUT2D eigenvalue weighted by Crippen LogP contribution is 2.22. The predicted molar refractivity (Wildman–Crippen MR) is 78.9 cm³/mol. The van der Waals surface area contributed by atoms with Gasteiger partial charge in [0.1, 0.15) is 0 Å². The van der Waals surface area contributed by atoms with Gasteiger partial charge in [0.2, 0.25) is 0 Å². The number of hydrogen-bond acceptors (Lipinski definition) is 4. The molecule has 18 heavy (non-hydrogen) atoms.